The number of ether oxygens (including phenoxy) is 1. The number of hydrogen-bond acceptors (Lipinski definition) is 4. The van der Waals surface area contributed by atoms with E-state index in [1.807, 2.05) is 31.2 Å². The Hall–Kier alpha value is -1.65. The van der Waals surface area contributed by atoms with Crippen molar-refractivity contribution in [2.75, 3.05) is 6.61 Å². The summed E-state index contributed by atoms with van der Waals surface area (Å²) < 4.78 is 5.95. The highest BCUT2D eigenvalue weighted by Gasteiger charge is 2.28. The maximum atomic E-state index is 9.13. The van der Waals surface area contributed by atoms with Crippen LogP contribution in [0.1, 0.15) is 35.7 Å². The third kappa shape index (κ3) is 3.17. The van der Waals surface area contributed by atoms with Crippen LogP contribution in [0.2, 0.25) is 5.15 Å². The zero-order valence-corrected chi connectivity index (χ0v) is 12.6. The molecule has 2 aromatic rings. The quantitative estimate of drug-likeness (QED) is 0.857. The van der Waals surface area contributed by atoms with Crippen LogP contribution in [0.5, 0.6) is 11.6 Å². The minimum absolute atomic E-state index is 0.0806. The summed E-state index contributed by atoms with van der Waals surface area (Å²) in [6.45, 7) is 1.93. The van der Waals surface area contributed by atoms with E-state index in [4.69, 9.17) is 21.4 Å². The van der Waals surface area contributed by atoms with E-state index < -0.39 is 0 Å². The Morgan fingerprint density at radius 2 is 2.05 bits per heavy atom. The first kappa shape index (κ1) is 14.3. The van der Waals surface area contributed by atoms with Crippen LogP contribution in [-0.2, 0) is 6.42 Å². The number of aliphatic hydroxyl groups excluding tert-OH is 1. The van der Waals surface area contributed by atoms with Crippen LogP contribution >= 0.6 is 11.6 Å². The van der Waals surface area contributed by atoms with Gasteiger partial charge in [-0.15, -0.1) is 0 Å². The van der Waals surface area contributed by atoms with Crippen molar-refractivity contribution in [3.63, 3.8) is 0 Å². The lowest BCUT2D eigenvalue weighted by Gasteiger charge is -2.13. The molecule has 5 heteroatoms. The Labute approximate surface area is 128 Å². The summed E-state index contributed by atoms with van der Waals surface area (Å²) in [7, 11) is 0. The predicted octanol–water partition coefficient (Wildman–Crippen LogP) is 3.64. The normalized spacial score (nSPS) is 14.2. The summed E-state index contributed by atoms with van der Waals surface area (Å²) in [6, 6.07) is 7.63. The molecule has 1 aliphatic rings. The van der Waals surface area contributed by atoms with Crippen molar-refractivity contribution in [1.82, 2.24) is 9.97 Å². The molecule has 0 bridgehead atoms. The second-order valence-electron chi connectivity index (χ2n) is 5.26. The maximum absolute atomic E-state index is 9.13. The predicted molar refractivity (Wildman–Crippen MR) is 81.1 cm³/mol. The lowest BCUT2D eigenvalue weighted by molar-refractivity contribution is 0.297. The fraction of sp³-hybridized carbons (Fsp3) is 0.375. The van der Waals surface area contributed by atoms with Crippen molar-refractivity contribution in [1.29, 1.82) is 0 Å². The number of nitrogens with zero attached hydrogens (tertiary/aromatic N) is 2. The molecule has 21 heavy (non-hydrogen) atoms. The van der Waals surface area contributed by atoms with Gasteiger partial charge in [-0.25, -0.2) is 4.98 Å². The van der Waals surface area contributed by atoms with Gasteiger partial charge in [0.05, 0.1) is 0 Å². The number of hydrogen-bond donors (Lipinski definition) is 1. The first-order chi connectivity index (χ1) is 10.2. The van der Waals surface area contributed by atoms with Gasteiger partial charge in [-0.3, -0.25) is 0 Å². The second kappa shape index (κ2) is 6.00. The van der Waals surface area contributed by atoms with Gasteiger partial charge in [-0.05, 0) is 37.8 Å². The van der Waals surface area contributed by atoms with Crippen LogP contribution in [0, 0.1) is 6.92 Å². The van der Waals surface area contributed by atoms with Crippen molar-refractivity contribution >= 4 is 11.6 Å². The Balaban J connectivity index is 1.94. The molecular formula is C16H17ClN2O2. The Kier molecular flexibility index (Phi) is 4.08. The number of benzene rings is 1. The van der Waals surface area contributed by atoms with E-state index in [9.17, 15) is 0 Å². The number of halogens is 1. The molecule has 110 valence electrons. The standard InChI is InChI=1S/C16H17ClN2O2/c1-10-14(17)18-15(12-6-7-12)19-16(10)21-13-5-3-2-4-11(13)8-9-20/h2-5,12,20H,6-9H2,1H3. The van der Waals surface area contributed by atoms with Crippen LogP contribution in [0.15, 0.2) is 24.3 Å². The molecule has 1 fully saturated rings. The summed E-state index contributed by atoms with van der Waals surface area (Å²) in [5, 5.41) is 9.58. The lowest BCUT2D eigenvalue weighted by atomic mass is 10.1. The summed E-state index contributed by atoms with van der Waals surface area (Å²) in [4.78, 5) is 8.84. The minimum atomic E-state index is 0.0806. The Morgan fingerprint density at radius 3 is 2.76 bits per heavy atom. The molecule has 0 atom stereocenters. The smallest absolute Gasteiger partial charge is 0.227 e. The van der Waals surface area contributed by atoms with E-state index in [0.717, 1.165) is 29.8 Å². The molecule has 4 nitrogen and oxygen atoms in total. The second-order valence-corrected chi connectivity index (χ2v) is 5.62. The zero-order valence-electron chi connectivity index (χ0n) is 11.8. The van der Waals surface area contributed by atoms with Gasteiger partial charge in [0.25, 0.3) is 0 Å². The SMILES string of the molecule is Cc1c(Cl)nc(C2CC2)nc1Oc1ccccc1CCO. The molecule has 3 rings (SSSR count). The number of rotatable bonds is 5. The van der Waals surface area contributed by atoms with Crippen molar-refractivity contribution in [3.8, 4) is 11.6 Å². The molecule has 1 N–H and O–H groups in total. The van der Waals surface area contributed by atoms with Crippen molar-refractivity contribution in [2.24, 2.45) is 0 Å². The van der Waals surface area contributed by atoms with E-state index in [-0.39, 0.29) is 6.61 Å². The van der Waals surface area contributed by atoms with E-state index in [1.165, 1.54) is 0 Å². The van der Waals surface area contributed by atoms with Crippen molar-refractivity contribution in [3.05, 3.63) is 46.4 Å². The molecule has 1 aromatic heterocycles. The highest BCUT2D eigenvalue weighted by molar-refractivity contribution is 6.30. The van der Waals surface area contributed by atoms with E-state index in [1.54, 1.807) is 0 Å². The summed E-state index contributed by atoms with van der Waals surface area (Å²) in [5.74, 6) is 2.38. The van der Waals surface area contributed by atoms with E-state index in [0.29, 0.717) is 29.1 Å². The van der Waals surface area contributed by atoms with E-state index in [2.05, 4.69) is 9.97 Å². The Morgan fingerprint density at radius 1 is 1.29 bits per heavy atom. The molecule has 1 aliphatic carbocycles. The van der Waals surface area contributed by atoms with Gasteiger partial charge in [0, 0.05) is 18.1 Å². The minimum Gasteiger partial charge on any atom is -0.438 e. The van der Waals surface area contributed by atoms with Crippen molar-refractivity contribution < 1.29 is 9.84 Å². The van der Waals surface area contributed by atoms with Crippen molar-refractivity contribution in [2.45, 2.75) is 32.1 Å². The van der Waals surface area contributed by atoms with Crippen LogP contribution in [0.4, 0.5) is 0 Å². The summed E-state index contributed by atoms with van der Waals surface area (Å²) in [5.41, 5.74) is 1.68. The fourth-order valence-corrected chi connectivity index (χ4v) is 2.31. The maximum Gasteiger partial charge on any atom is 0.227 e. The van der Waals surface area contributed by atoms with E-state index >= 15 is 0 Å². The number of para-hydroxylation sites is 1. The molecule has 0 spiro atoms. The average molecular weight is 305 g/mol. The monoisotopic (exact) mass is 304 g/mol. The molecule has 0 aliphatic heterocycles. The first-order valence-corrected chi connectivity index (χ1v) is 7.47. The highest BCUT2D eigenvalue weighted by Crippen LogP contribution is 2.40. The van der Waals surface area contributed by atoms with Gasteiger partial charge in [0.15, 0.2) is 0 Å². The highest BCUT2D eigenvalue weighted by atomic mass is 35.5. The molecule has 1 heterocycles. The molecule has 0 unspecified atom stereocenters. The van der Waals surface area contributed by atoms with Crippen LogP contribution in [0.3, 0.4) is 0 Å². The zero-order chi connectivity index (χ0) is 14.8. The summed E-state index contributed by atoms with van der Waals surface area (Å²) in [6.07, 6.45) is 2.77. The van der Waals surface area contributed by atoms with Gasteiger partial charge < -0.3 is 9.84 Å². The van der Waals surface area contributed by atoms with Gasteiger partial charge in [0.2, 0.25) is 5.88 Å². The number of aliphatic hydroxyl groups is 1. The van der Waals surface area contributed by atoms with Gasteiger partial charge >= 0.3 is 0 Å². The largest absolute Gasteiger partial charge is 0.438 e. The lowest BCUT2D eigenvalue weighted by Crippen LogP contribution is -2.02. The van der Waals surface area contributed by atoms with Crippen LogP contribution < -0.4 is 4.74 Å². The average Bonchev–Trinajstić information content (AvgIpc) is 3.30. The fourth-order valence-electron chi connectivity index (χ4n) is 2.14. The molecular weight excluding hydrogens is 288 g/mol. The third-order valence-electron chi connectivity index (χ3n) is 3.56. The molecule has 0 radical (unpaired) electrons. The van der Waals surface area contributed by atoms with Crippen LogP contribution in [-0.4, -0.2) is 21.7 Å². The van der Waals surface area contributed by atoms with Crippen LogP contribution in [0.25, 0.3) is 0 Å². The summed E-state index contributed by atoms with van der Waals surface area (Å²) >= 11 is 6.19. The molecule has 0 saturated heterocycles. The van der Waals surface area contributed by atoms with Gasteiger partial charge in [0.1, 0.15) is 16.7 Å². The number of aromatic nitrogens is 2. The third-order valence-corrected chi connectivity index (χ3v) is 3.93. The molecule has 0 amide bonds. The first-order valence-electron chi connectivity index (χ1n) is 7.09. The Bertz CT molecular complexity index is 657. The molecule has 1 aromatic carbocycles. The topological polar surface area (TPSA) is 55.2 Å². The van der Waals surface area contributed by atoms with Gasteiger partial charge in [-0.1, -0.05) is 29.8 Å². The van der Waals surface area contributed by atoms with Gasteiger partial charge in [-0.2, -0.15) is 4.98 Å². The molecule has 1 saturated carbocycles.